The number of benzene rings is 1. The molecule has 24 heavy (non-hydrogen) atoms. The van der Waals surface area contributed by atoms with Gasteiger partial charge in [-0.15, -0.1) is 0 Å². The molecule has 1 aromatic rings. The molecular weight excluding hydrogens is 319 g/mol. The lowest BCUT2D eigenvalue weighted by Crippen LogP contribution is -2.46. The largest absolute Gasteiger partial charge is 0.417 e. The van der Waals surface area contributed by atoms with E-state index in [1.165, 1.54) is 11.0 Å². The first-order chi connectivity index (χ1) is 11.0. The summed E-state index contributed by atoms with van der Waals surface area (Å²) in [6.45, 7) is 5.93. The normalized spacial score (nSPS) is 12.7. The first kappa shape index (κ1) is 19.8. The average Bonchev–Trinajstić information content (AvgIpc) is 2.49. The number of hydrogen-bond acceptors (Lipinski definition) is 3. The van der Waals surface area contributed by atoms with E-state index in [4.69, 9.17) is 5.26 Å². The van der Waals surface area contributed by atoms with Gasteiger partial charge in [-0.1, -0.05) is 13.8 Å². The van der Waals surface area contributed by atoms with Gasteiger partial charge in [-0.05, 0) is 31.0 Å². The number of amides is 1. The van der Waals surface area contributed by atoms with Crippen molar-refractivity contribution >= 4 is 11.6 Å². The minimum atomic E-state index is -4.63. The molecule has 0 aliphatic rings. The van der Waals surface area contributed by atoms with Crippen LogP contribution in [-0.4, -0.2) is 37.5 Å². The van der Waals surface area contributed by atoms with E-state index in [0.717, 1.165) is 12.1 Å². The van der Waals surface area contributed by atoms with Gasteiger partial charge < -0.3 is 9.80 Å². The number of anilines is 1. The van der Waals surface area contributed by atoms with Crippen molar-refractivity contribution in [3.8, 4) is 6.07 Å². The smallest absolute Gasteiger partial charge is 0.360 e. The van der Waals surface area contributed by atoms with Crippen molar-refractivity contribution in [1.29, 1.82) is 5.26 Å². The van der Waals surface area contributed by atoms with E-state index in [0.29, 0.717) is 6.54 Å². The van der Waals surface area contributed by atoms with Crippen molar-refractivity contribution in [2.75, 3.05) is 25.5 Å². The molecule has 1 rings (SSSR count). The summed E-state index contributed by atoms with van der Waals surface area (Å²) < 4.78 is 39.6. The maximum atomic E-state index is 13.2. The highest BCUT2D eigenvalue weighted by atomic mass is 19.4. The van der Waals surface area contributed by atoms with Gasteiger partial charge in [-0.2, -0.15) is 18.4 Å². The van der Waals surface area contributed by atoms with Gasteiger partial charge in [0.15, 0.2) is 0 Å². The van der Waals surface area contributed by atoms with Crippen molar-refractivity contribution < 1.29 is 18.0 Å². The molecule has 0 bridgehead atoms. The van der Waals surface area contributed by atoms with Gasteiger partial charge >= 0.3 is 6.18 Å². The Balaban J connectivity index is 3.39. The number of carbonyl (C=O) groups excluding carboxylic acids is 1. The molecule has 1 atom stereocenters. The molecule has 1 aromatic carbocycles. The zero-order chi connectivity index (χ0) is 18.7. The van der Waals surface area contributed by atoms with Crippen molar-refractivity contribution in [2.45, 2.75) is 33.0 Å². The average molecular weight is 341 g/mol. The number of alkyl halides is 3. The monoisotopic (exact) mass is 341 g/mol. The quantitative estimate of drug-likeness (QED) is 0.823. The summed E-state index contributed by atoms with van der Waals surface area (Å²) in [6, 6.07) is 4.50. The Hall–Kier alpha value is -2.23. The maximum Gasteiger partial charge on any atom is 0.417 e. The number of carbonyl (C=O) groups is 1. The van der Waals surface area contributed by atoms with Gasteiger partial charge in [-0.3, -0.25) is 4.79 Å². The van der Waals surface area contributed by atoms with Gasteiger partial charge in [0, 0.05) is 26.3 Å². The zero-order valence-corrected chi connectivity index (χ0v) is 14.5. The Morgan fingerprint density at radius 2 is 1.83 bits per heavy atom. The Bertz CT molecular complexity index is 633. The molecule has 0 spiro atoms. The third-order valence-corrected chi connectivity index (χ3v) is 3.59. The van der Waals surface area contributed by atoms with Crippen LogP contribution >= 0.6 is 0 Å². The van der Waals surface area contributed by atoms with Crippen LogP contribution in [0.2, 0.25) is 0 Å². The van der Waals surface area contributed by atoms with E-state index in [2.05, 4.69) is 0 Å². The number of nitriles is 1. The summed E-state index contributed by atoms with van der Waals surface area (Å²) >= 11 is 0. The molecule has 0 saturated carbocycles. The second-order valence-electron chi connectivity index (χ2n) is 6.29. The van der Waals surface area contributed by atoms with Gasteiger partial charge in [0.05, 0.1) is 17.2 Å². The standard InChI is InChI=1S/C17H22F3N3O/c1-11(2)10-23(12(3)16(24)22(4)5)14-7-6-13(9-21)15(8-14)17(18,19)20/h6-8,11-12H,10H2,1-5H3/t12-/m0/s1. The molecule has 7 heteroatoms. The van der Waals surface area contributed by atoms with Gasteiger partial charge in [0.1, 0.15) is 6.04 Å². The third kappa shape index (κ3) is 4.63. The molecule has 4 nitrogen and oxygen atoms in total. The molecule has 0 aliphatic heterocycles. The van der Waals surface area contributed by atoms with Crippen molar-refractivity contribution in [2.24, 2.45) is 5.92 Å². The summed E-state index contributed by atoms with van der Waals surface area (Å²) in [7, 11) is 3.21. The molecule has 0 aromatic heterocycles. The van der Waals surface area contributed by atoms with Crippen LogP contribution in [0.25, 0.3) is 0 Å². The van der Waals surface area contributed by atoms with E-state index < -0.39 is 23.3 Å². The van der Waals surface area contributed by atoms with E-state index in [1.807, 2.05) is 13.8 Å². The molecule has 0 radical (unpaired) electrons. The van der Waals surface area contributed by atoms with Gasteiger partial charge in [0.25, 0.3) is 0 Å². The molecule has 132 valence electrons. The molecule has 0 unspecified atom stereocenters. The van der Waals surface area contributed by atoms with E-state index in [9.17, 15) is 18.0 Å². The fourth-order valence-corrected chi connectivity index (χ4v) is 2.43. The Morgan fingerprint density at radius 3 is 2.25 bits per heavy atom. The zero-order valence-electron chi connectivity index (χ0n) is 14.5. The van der Waals surface area contributed by atoms with Crippen molar-refractivity contribution in [3.05, 3.63) is 29.3 Å². The predicted molar refractivity (Wildman–Crippen MR) is 86.5 cm³/mol. The summed E-state index contributed by atoms with van der Waals surface area (Å²) in [5.74, 6) is -0.0547. The lowest BCUT2D eigenvalue weighted by atomic mass is 10.0. The second-order valence-corrected chi connectivity index (χ2v) is 6.29. The molecule has 0 heterocycles. The summed E-state index contributed by atoms with van der Waals surface area (Å²) in [6.07, 6.45) is -4.63. The highest BCUT2D eigenvalue weighted by Crippen LogP contribution is 2.35. The van der Waals surface area contributed by atoms with Crippen molar-refractivity contribution in [1.82, 2.24) is 4.90 Å². The van der Waals surface area contributed by atoms with Crippen molar-refractivity contribution in [3.63, 3.8) is 0 Å². The van der Waals surface area contributed by atoms with Crippen LogP contribution in [0.1, 0.15) is 31.9 Å². The highest BCUT2D eigenvalue weighted by molar-refractivity contribution is 5.84. The van der Waals surface area contributed by atoms with E-state index in [-0.39, 0.29) is 17.5 Å². The van der Waals surface area contributed by atoms with Crippen LogP contribution in [0.5, 0.6) is 0 Å². The molecule has 0 aliphatic carbocycles. The predicted octanol–water partition coefficient (Wildman–Crippen LogP) is 3.52. The van der Waals surface area contributed by atoms with Gasteiger partial charge in [-0.25, -0.2) is 0 Å². The van der Waals surface area contributed by atoms with Crippen LogP contribution in [0.15, 0.2) is 18.2 Å². The number of hydrogen-bond donors (Lipinski definition) is 0. The van der Waals surface area contributed by atoms with Crippen LogP contribution in [0.4, 0.5) is 18.9 Å². The number of likely N-dealkylation sites (N-methyl/N-ethyl adjacent to an activating group) is 1. The number of halogens is 3. The third-order valence-electron chi connectivity index (χ3n) is 3.59. The molecule has 1 amide bonds. The fourth-order valence-electron chi connectivity index (χ4n) is 2.43. The fraction of sp³-hybridized carbons (Fsp3) is 0.529. The van der Waals surface area contributed by atoms with E-state index in [1.54, 1.807) is 32.0 Å². The highest BCUT2D eigenvalue weighted by Gasteiger charge is 2.35. The summed E-state index contributed by atoms with van der Waals surface area (Å²) in [4.78, 5) is 15.3. The van der Waals surface area contributed by atoms with Gasteiger partial charge in [0.2, 0.25) is 5.91 Å². The topological polar surface area (TPSA) is 47.3 Å². The summed E-state index contributed by atoms with van der Waals surface area (Å²) in [5, 5.41) is 8.90. The molecule has 0 N–H and O–H groups in total. The second kappa shape index (κ2) is 7.56. The minimum Gasteiger partial charge on any atom is -0.360 e. The Kier molecular flexibility index (Phi) is 6.24. The molecule has 0 saturated heterocycles. The number of nitrogens with zero attached hydrogens (tertiary/aromatic N) is 3. The summed E-state index contributed by atoms with van der Waals surface area (Å²) in [5.41, 5.74) is -1.14. The van der Waals surface area contributed by atoms with Crippen LogP contribution in [0, 0.1) is 17.2 Å². The lowest BCUT2D eigenvalue weighted by Gasteiger charge is -2.33. The molecule has 0 fully saturated rings. The maximum absolute atomic E-state index is 13.2. The minimum absolute atomic E-state index is 0.146. The van der Waals surface area contributed by atoms with Crippen LogP contribution in [0.3, 0.4) is 0 Å². The first-order valence-electron chi connectivity index (χ1n) is 7.58. The lowest BCUT2D eigenvalue weighted by molar-refractivity contribution is -0.137. The van der Waals surface area contributed by atoms with E-state index >= 15 is 0 Å². The number of rotatable bonds is 5. The first-order valence-corrected chi connectivity index (χ1v) is 7.58. The Morgan fingerprint density at radius 1 is 1.25 bits per heavy atom. The SMILES string of the molecule is CC(C)CN(c1ccc(C#N)c(C(F)(F)F)c1)[C@@H](C)C(=O)N(C)C. The molecular formula is C17H22F3N3O. The van der Waals surface area contributed by atoms with Crippen LogP contribution in [-0.2, 0) is 11.0 Å². The van der Waals surface area contributed by atoms with Crippen LogP contribution < -0.4 is 4.90 Å². The Labute approximate surface area is 140 Å².